The molecule has 0 aromatic carbocycles. The van der Waals surface area contributed by atoms with Crippen LogP contribution in [-0.4, -0.2) is 27.9 Å². The zero-order valence-electron chi connectivity index (χ0n) is 10.4. The molecule has 0 aliphatic rings. The second kappa shape index (κ2) is 7.10. The van der Waals surface area contributed by atoms with E-state index in [1.807, 2.05) is 24.4 Å². The summed E-state index contributed by atoms with van der Waals surface area (Å²) in [5.41, 5.74) is -12.4. The van der Waals surface area contributed by atoms with E-state index in [2.05, 4.69) is 0 Å². The monoisotopic (exact) mass is 385 g/mol. The summed E-state index contributed by atoms with van der Waals surface area (Å²) in [7, 11) is -13.4. The van der Waals surface area contributed by atoms with E-state index >= 15 is 0 Å². The lowest BCUT2D eigenvalue weighted by Gasteiger charge is -2.22. The molecule has 0 radical (unpaired) electrons. The van der Waals surface area contributed by atoms with Gasteiger partial charge in [0.25, 0.3) is 0 Å². The highest BCUT2D eigenvalue weighted by atomic mass is 32.3. The van der Waals surface area contributed by atoms with E-state index < -0.39 is 31.1 Å². The van der Waals surface area contributed by atoms with Crippen LogP contribution in [0, 0.1) is 11.5 Å². The summed E-state index contributed by atoms with van der Waals surface area (Å²) in [4.78, 5) is 0. The number of sulfonamides is 2. The fraction of sp³-hybridized carbons (Fsp3) is 0.250. The van der Waals surface area contributed by atoms with Gasteiger partial charge in [0.2, 0.25) is 0 Å². The Hall–Kier alpha value is -1.92. The summed E-state index contributed by atoms with van der Waals surface area (Å²) in [6.07, 6.45) is 5.33. The molecular formula is C8H5F6N3O4S2. The van der Waals surface area contributed by atoms with E-state index in [0.29, 0.717) is 0 Å². The van der Waals surface area contributed by atoms with Gasteiger partial charge in [-0.1, -0.05) is 6.07 Å². The molecule has 1 heterocycles. The molecule has 0 fully saturated rings. The van der Waals surface area contributed by atoms with Crippen LogP contribution in [-0.2, 0) is 20.0 Å². The Morgan fingerprint density at radius 3 is 1.39 bits per heavy atom. The second-order valence-electron chi connectivity index (χ2n) is 3.30. The van der Waals surface area contributed by atoms with Crippen molar-refractivity contribution in [3.8, 4) is 6.19 Å². The maximum absolute atomic E-state index is 11.4. The fourth-order valence-corrected chi connectivity index (χ4v) is 2.39. The quantitative estimate of drug-likeness (QED) is 0.564. The van der Waals surface area contributed by atoms with Crippen molar-refractivity contribution in [1.82, 2.24) is 0 Å². The molecule has 0 N–H and O–H groups in total. The molecule has 23 heavy (non-hydrogen) atoms. The van der Waals surface area contributed by atoms with Crippen LogP contribution in [0.25, 0.3) is 4.13 Å². The van der Waals surface area contributed by atoms with Crippen LogP contribution >= 0.6 is 0 Å². The number of rotatable bonds is 2. The van der Waals surface area contributed by atoms with Gasteiger partial charge in [-0.05, 0) is 12.1 Å². The minimum atomic E-state index is -6.72. The van der Waals surface area contributed by atoms with Gasteiger partial charge in [0, 0.05) is 0 Å². The lowest BCUT2D eigenvalue weighted by molar-refractivity contribution is -0.586. The van der Waals surface area contributed by atoms with Crippen LogP contribution in [0.15, 0.2) is 30.6 Å². The number of halogens is 6. The standard InChI is InChI=1S/C6H5N2.C2F6NO4S2/c7-6-8-4-2-1-3-5-8;3-1(4,5)14(10,11)9-15(12,13)2(6,7)8/h1-5H;/q+1;-1. The molecule has 0 unspecified atom stereocenters. The van der Waals surface area contributed by atoms with Gasteiger partial charge in [-0.3, -0.25) is 0 Å². The first-order valence-corrected chi connectivity index (χ1v) is 7.75. The average molecular weight is 385 g/mol. The minimum absolute atomic E-state index is 0.778. The third-order valence-electron chi connectivity index (χ3n) is 1.61. The molecule has 0 amide bonds. The minimum Gasteiger partial charge on any atom is -0.421 e. The van der Waals surface area contributed by atoms with Crippen molar-refractivity contribution in [3.63, 3.8) is 0 Å². The van der Waals surface area contributed by atoms with E-state index in [0.717, 1.165) is 4.13 Å². The van der Waals surface area contributed by atoms with Crippen LogP contribution < -0.4 is 4.57 Å². The van der Waals surface area contributed by atoms with Crippen molar-refractivity contribution in [2.75, 3.05) is 0 Å². The fourth-order valence-electron chi connectivity index (χ4n) is 0.679. The SMILES string of the molecule is N#C[n+]1ccccc1.O=S(=O)([N-]S(=O)(=O)C(F)(F)F)C(F)(F)F. The normalized spacial score (nSPS) is 12.7. The Balaban J connectivity index is 0.000000502. The van der Waals surface area contributed by atoms with Crippen molar-refractivity contribution >= 4 is 20.0 Å². The van der Waals surface area contributed by atoms with Crippen molar-refractivity contribution in [2.45, 2.75) is 11.0 Å². The molecule has 1 rings (SSSR count). The van der Waals surface area contributed by atoms with Gasteiger partial charge < -0.3 is 4.13 Å². The molecule has 1 aromatic heterocycles. The number of hydrogen-bond donors (Lipinski definition) is 0. The summed E-state index contributed by atoms with van der Waals surface area (Å²) in [6, 6.07) is 5.49. The first kappa shape index (κ1) is 21.1. The topological polar surface area (TPSA) is 110 Å². The van der Waals surface area contributed by atoms with Crippen molar-refractivity contribution in [3.05, 3.63) is 34.7 Å². The summed E-state index contributed by atoms with van der Waals surface area (Å²) in [5.74, 6) is 0. The average Bonchev–Trinajstić information content (AvgIpc) is 2.36. The number of nitrogens with zero attached hydrogens (tertiary/aromatic N) is 3. The van der Waals surface area contributed by atoms with Crippen molar-refractivity contribution in [1.29, 1.82) is 5.26 Å². The zero-order valence-corrected chi connectivity index (χ0v) is 12.1. The maximum Gasteiger partial charge on any atom is 0.480 e. The molecule has 0 atom stereocenters. The first-order chi connectivity index (χ1) is 10.1. The van der Waals surface area contributed by atoms with Crippen LogP contribution in [0.5, 0.6) is 0 Å². The Bertz CT molecular complexity index is 723. The molecule has 0 aliphatic carbocycles. The van der Waals surface area contributed by atoms with Gasteiger partial charge >= 0.3 is 17.2 Å². The van der Waals surface area contributed by atoms with Gasteiger partial charge in [-0.25, -0.2) is 16.8 Å². The van der Waals surface area contributed by atoms with E-state index in [4.69, 9.17) is 5.26 Å². The lowest BCUT2D eigenvalue weighted by atomic mass is 10.5. The van der Waals surface area contributed by atoms with Gasteiger partial charge in [-0.2, -0.15) is 26.3 Å². The van der Waals surface area contributed by atoms with E-state index in [1.165, 1.54) is 4.57 Å². The van der Waals surface area contributed by atoms with Crippen molar-refractivity contribution < 1.29 is 47.7 Å². The largest absolute Gasteiger partial charge is 0.480 e. The summed E-state index contributed by atoms with van der Waals surface area (Å²) in [6.45, 7) is 0. The number of hydrogen-bond acceptors (Lipinski definition) is 5. The summed E-state index contributed by atoms with van der Waals surface area (Å²) in [5, 5.41) is 8.25. The van der Waals surface area contributed by atoms with Crippen LogP contribution in [0.1, 0.15) is 0 Å². The Morgan fingerprint density at radius 1 is 0.826 bits per heavy atom. The molecule has 0 spiro atoms. The Morgan fingerprint density at radius 2 is 1.17 bits per heavy atom. The Kier molecular flexibility index (Phi) is 6.51. The highest BCUT2D eigenvalue weighted by molar-refractivity contribution is 8.13. The third-order valence-corrected chi connectivity index (χ3v) is 4.35. The number of pyridine rings is 1. The lowest BCUT2D eigenvalue weighted by Crippen LogP contribution is -2.30. The molecule has 0 aliphatic heterocycles. The van der Waals surface area contributed by atoms with Crippen LogP contribution in [0.3, 0.4) is 0 Å². The number of nitriles is 1. The number of alkyl halides is 6. The summed E-state index contributed by atoms with van der Waals surface area (Å²) < 4.78 is 111. The van der Waals surface area contributed by atoms with Gasteiger partial charge in [0.05, 0.1) is 0 Å². The molecule has 130 valence electrons. The molecule has 1 aromatic rings. The second-order valence-corrected chi connectivity index (χ2v) is 6.72. The highest BCUT2D eigenvalue weighted by Gasteiger charge is 2.46. The van der Waals surface area contributed by atoms with Gasteiger partial charge in [0.15, 0.2) is 25.3 Å². The predicted molar refractivity (Wildman–Crippen MR) is 61.0 cm³/mol. The van der Waals surface area contributed by atoms with E-state index in [9.17, 15) is 43.2 Å². The Labute approximate surface area is 125 Å². The maximum atomic E-state index is 11.4. The van der Waals surface area contributed by atoms with Crippen LogP contribution in [0.4, 0.5) is 26.3 Å². The van der Waals surface area contributed by atoms with Gasteiger partial charge in [-0.15, -0.1) is 4.57 Å². The molecule has 0 saturated carbocycles. The molecule has 0 bridgehead atoms. The summed E-state index contributed by atoms with van der Waals surface area (Å²) >= 11 is 0. The molecule has 7 nitrogen and oxygen atoms in total. The van der Waals surface area contributed by atoms with Gasteiger partial charge in [0.1, 0.15) is 12.4 Å². The highest BCUT2D eigenvalue weighted by Crippen LogP contribution is 2.36. The molecule has 0 saturated heterocycles. The third kappa shape index (κ3) is 6.38. The van der Waals surface area contributed by atoms with Crippen molar-refractivity contribution in [2.24, 2.45) is 0 Å². The first-order valence-electron chi connectivity index (χ1n) is 4.87. The zero-order chi connectivity index (χ0) is 18.5. The van der Waals surface area contributed by atoms with E-state index in [1.54, 1.807) is 12.4 Å². The van der Waals surface area contributed by atoms with E-state index in [-0.39, 0.29) is 0 Å². The van der Waals surface area contributed by atoms with Crippen LogP contribution in [0.2, 0.25) is 0 Å². The number of aromatic nitrogens is 1. The smallest absolute Gasteiger partial charge is 0.421 e. The molecule has 15 heteroatoms. The predicted octanol–water partition coefficient (Wildman–Crippen LogP) is 1.36. The molecular weight excluding hydrogens is 380 g/mol.